The highest BCUT2D eigenvalue weighted by atomic mass is 16.6. The Bertz CT molecular complexity index is 776. The first-order valence-electron chi connectivity index (χ1n) is 6.18. The van der Waals surface area contributed by atoms with Crippen molar-refractivity contribution in [3.8, 4) is 6.07 Å². The van der Waals surface area contributed by atoms with Gasteiger partial charge in [0.15, 0.2) is 0 Å². The molecular weight excluding hydrogens is 284 g/mol. The third-order valence-corrected chi connectivity index (χ3v) is 2.74. The third-order valence-electron chi connectivity index (χ3n) is 2.74. The van der Waals surface area contributed by atoms with Crippen LogP contribution in [0.2, 0.25) is 0 Å². The van der Waals surface area contributed by atoms with E-state index in [9.17, 15) is 14.9 Å². The predicted octanol–water partition coefficient (Wildman–Crippen LogP) is 2.23. The summed E-state index contributed by atoms with van der Waals surface area (Å²) in [6.45, 7) is 0. The molecule has 0 heterocycles. The lowest BCUT2D eigenvalue weighted by Crippen LogP contribution is -2.17. The average molecular weight is 294 g/mol. The number of nitrogens with zero attached hydrogens (tertiary/aromatic N) is 3. The highest BCUT2D eigenvalue weighted by Crippen LogP contribution is 2.12. The van der Waals surface area contributed by atoms with E-state index in [1.165, 1.54) is 30.5 Å². The number of carbonyl (C=O) groups is 1. The summed E-state index contributed by atoms with van der Waals surface area (Å²) < 4.78 is 0. The second-order valence-electron chi connectivity index (χ2n) is 4.24. The summed E-state index contributed by atoms with van der Waals surface area (Å²) in [6.07, 6.45) is 1.41. The van der Waals surface area contributed by atoms with E-state index in [0.29, 0.717) is 11.1 Å². The standard InChI is InChI=1S/C15H10N4O3/c16-9-11-4-6-12(7-5-11)10-17-18-15(20)13-2-1-3-14(8-13)19(21)22/h1-8,10H,(H,18,20). The van der Waals surface area contributed by atoms with E-state index in [4.69, 9.17) is 5.26 Å². The molecule has 2 rings (SSSR count). The normalized spacial score (nSPS) is 10.1. The monoisotopic (exact) mass is 294 g/mol. The number of nitro benzene ring substituents is 1. The average Bonchev–Trinajstić information content (AvgIpc) is 2.55. The summed E-state index contributed by atoms with van der Waals surface area (Å²) in [5.41, 5.74) is 3.50. The molecule has 22 heavy (non-hydrogen) atoms. The van der Waals surface area contributed by atoms with Crippen LogP contribution in [0.3, 0.4) is 0 Å². The Morgan fingerprint density at radius 1 is 1.27 bits per heavy atom. The van der Waals surface area contributed by atoms with Gasteiger partial charge in [0.05, 0.1) is 22.8 Å². The highest BCUT2D eigenvalue weighted by Gasteiger charge is 2.10. The number of nitro groups is 1. The van der Waals surface area contributed by atoms with Crippen molar-refractivity contribution in [2.75, 3.05) is 0 Å². The molecule has 0 aliphatic rings. The zero-order chi connectivity index (χ0) is 15.9. The number of amides is 1. The van der Waals surface area contributed by atoms with E-state index >= 15 is 0 Å². The van der Waals surface area contributed by atoms with Gasteiger partial charge < -0.3 is 0 Å². The quantitative estimate of drug-likeness (QED) is 0.529. The third kappa shape index (κ3) is 3.74. The lowest BCUT2D eigenvalue weighted by Gasteiger charge is -1.99. The van der Waals surface area contributed by atoms with E-state index in [1.807, 2.05) is 6.07 Å². The van der Waals surface area contributed by atoms with Crippen LogP contribution in [0.1, 0.15) is 21.5 Å². The summed E-state index contributed by atoms with van der Waals surface area (Å²) in [6, 6.07) is 14.0. The number of non-ortho nitro benzene ring substituents is 1. The molecule has 1 amide bonds. The predicted molar refractivity (Wildman–Crippen MR) is 79.3 cm³/mol. The number of rotatable bonds is 4. The molecule has 7 nitrogen and oxygen atoms in total. The summed E-state index contributed by atoms with van der Waals surface area (Å²) >= 11 is 0. The van der Waals surface area contributed by atoms with Gasteiger partial charge in [0.25, 0.3) is 11.6 Å². The Kier molecular flexibility index (Phi) is 4.57. The summed E-state index contributed by atoms with van der Waals surface area (Å²) in [5.74, 6) is -0.548. The van der Waals surface area contributed by atoms with Crippen molar-refractivity contribution in [1.82, 2.24) is 5.43 Å². The van der Waals surface area contributed by atoms with Gasteiger partial charge in [-0.05, 0) is 23.8 Å². The number of carbonyl (C=O) groups excluding carboxylic acids is 1. The Balaban J connectivity index is 2.03. The second kappa shape index (κ2) is 6.76. The molecule has 0 fully saturated rings. The van der Waals surface area contributed by atoms with Crippen LogP contribution in [-0.4, -0.2) is 17.0 Å². The summed E-state index contributed by atoms with van der Waals surface area (Å²) in [7, 11) is 0. The molecule has 108 valence electrons. The van der Waals surface area contributed by atoms with E-state index in [-0.39, 0.29) is 11.3 Å². The summed E-state index contributed by atoms with van der Waals surface area (Å²) in [5, 5.41) is 23.1. The van der Waals surface area contributed by atoms with Crippen LogP contribution in [0.5, 0.6) is 0 Å². The number of hydrogen-bond acceptors (Lipinski definition) is 5. The van der Waals surface area contributed by atoms with E-state index in [1.54, 1.807) is 24.3 Å². The van der Waals surface area contributed by atoms with Crippen molar-refractivity contribution in [2.45, 2.75) is 0 Å². The maximum Gasteiger partial charge on any atom is 0.271 e. The maximum absolute atomic E-state index is 11.8. The zero-order valence-corrected chi connectivity index (χ0v) is 11.3. The van der Waals surface area contributed by atoms with Crippen LogP contribution >= 0.6 is 0 Å². The highest BCUT2D eigenvalue weighted by molar-refractivity contribution is 5.95. The molecular formula is C15H10N4O3. The van der Waals surface area contributed by atoms with Gasteiger partial charge in [-0.1, -0.05) is 18.2 Å². The fourth-order valence-corrected chi connectivity index (χ4v) is 1.63. The van der Waals surface area contributed by atoms with Gasteiger partial charge in [0.2, 0.25) is 0 Å². The van der Waals surface area contributed by atoms with Gasteiger partial charge >= 0.3 is 0 Å². The maximum atomic E-state index is 11.8. The molecule has 0 spiro atoms. The molecule has 0 radical (unpaired) electrons. The number of nitrogens with one attached hydrogen (secondary N) is 1. The first-order valence-corrected chi connectivity index (χ1v) is 6.18. The van der Waals surface area contributed by atoms with Crippen LogP contribution in [0.15, 0.2) is 53.6 Å². The molecule has 0 saturated carbocycles. The summed E-state index contributed by atoms with van der Waals surface area (Å²) in [4.78, 5) is 21.9. The van der Waals surface area contributed by atoms with Crippen molar-refractivity contribution in [3.63, 3.8) is 0 Å². The van der Waals surface area contributed by atoms with Crippen LogP contribution in [0.25, 0.3) is 0 Å². The number of nitriles is 1. The minimum atomic E-state index is -0.573. The van der Waals surface area contributed by atoms with Gasteiger partial charge in [-0.2, -0.15) is 10.4 Å². The first kappa shape index (κ1) is 14.9. The lowest BCUT2D eigenvalue weighted by molar-refractivity contribution is -0.384. The lowest BCUT2D eigenvalue weighted by atomic mass is 10.2. The molecule has 0 aliphatic heterocycles. The molecule has 7 heteroatoms. The minimum absolute atomic E-state index is 0.145. The molecule has 0 bridgehead atoms. The molecule has 0 saturated heterocycles. The fraction of sp³-hybridized carbons (Fsp3) is 0. The molecule has 1 N–H and O–H groups in total. The van der Waals surface area contributed by atoms with E-state index in [0.717, 1.165) is 0 Å². The van der Waals surface area contributed by atoms with Crippen molar-refractivity contribution in [2.24, 2.45) is 5.10 Å². The van der Waals surface area contributed by atoms with Gasteiger partial charge in [0.1, 0.15) is 0 Å². The largest absolute Gasteiger partial charge is 0.271 e. The number of hydrogen-bond donors (Lipinski definition) is 1. The Hall–Kier alpha value is -3.53. The molecule has 0 aromatic heterocycles. The smallest absolute Gasteiger partial charge is 0.267 e. The topological polar surface area (TPSA) is 108 Å². The Morgan fingerprint density at radius 3 is 2.64 bits per heavy atom. The van der Waals surface area contributed by atoms with Crippen molar-refractivity contribution in [3.05, 3.63) is 75.3 Å². The second-order valence-corrected chi connectivity index (χ2v) is 4.24. The number of hydrazone groups is 1. The van der Waals surface area contributed by atoms with Gasteiger partial charge in [-0.25, -0.2) is 5.43 Å². The first-order chi connectivity index (χ1) is 10.6. The van der Waals surface area contributed by atoms with Crippen molar-refractivity contribution < 1.29 is 9.72 Å². The molecule has 0 aliphatic carbocycles. The van der Waals surface area contributed by atoms with Crippen molar-refractivity contribution in [1.29, 1.82) is 5.26 Å². The van der Waals surface area contributed by atoms with Crippen LogP contribution in [0, 0.1) is 21.4 Å². The van der Waals surface area contributed by atoms with Crippen LogP contribution in [0.4, 0.5) is 5.69 Å². The molecule has 0 atom stereocenters. The molecule has 2 aromatic rings. The number of benzene rings is 2. The van der Waals surface area contributed by atoms with Crippen LogP contribution in [-0.2, 0) is 0 Å². The zero-order valence-electron chi connectivity index (χ0n) is 11.3. The Labute approximate surface area is 125 Å². The van der Waals surface area contributed by atoms with Crippen LogP contribution < -0.4 is 5.43 Å². The fourth-order valence-electron chi connectivity index (χ4n) is 1.63. The molecule has 0 unspecified atom stereocenters. The van der Waals surface area contributed by atoms with Gasteiger partial charge in [-0.15, -0.1) is 0 Å². The molecule has 2 aromatic carbocycles. The van der Waals surface area contributed by atoms with E-state index < -0.39 is 10.8 Å². The van der Waals surface area contributed by atoms with E-state index in [2.05, 4.69) is 10.5 Å². The minimum Gasteiger partial charge on any atom is -0.267 e. The van der Waals surface area contributed by atoms with Gasteiger partial charge in [-0.3, -0.25) is 14.9 Å². The Morgan fingerprint density at radius 2 is 2.00 bits per heavy atom. The SMILES string of the molecule is N#Cc1ccc(C=NNC(=O)c2cccc([N+](=O)[O-])c2)cc1. The van der Waals surface area contributed by atoms with Gasteiger partial charge in [0, 0.05) is 17.7 Å². The van der Waals surface area contributed by atoms with Crippen molar-refractivity contribution >= 4 is 17.8 Å².